The average Bonchev–Trinajstić information content (AvgIpc) is 1.36. The van der Waals surface area contributed by atoms with Crippen LogP contribution in [0.2, 0.25) is 5.02 Å². The number of piperidine rings is 2. The van der Waals surface area contributed by atoms with Gasteiger partial charge in [-0.3, -0.25) is 28.9 Å². The highest BCUT2D eigenvalue weighted by molar-refractivity contribution is 7.99. The van der Waals surface area contributed by atoms with Gasteiger partial charge in [0, 0.05) is 137 Å². The van der Waals surface area contributed by atoms with Gasteiger partial charge in [-0.15, -0.1) is 23.1 Å². The maximum atomic E-state index is 14.5. The van der Waals surface area contributed by atoms with Crippen LogP contribution >= 0.6 is 34.7 Å². The lowest BCUT2D eigenvalue weighted by atomic mass is 9.70. The first-order valence-corrected chi connectivity index (χ1v) is 46.4. The Bertz CT molecular complexity index is 4660. The molecular weight excluding hydrogens is 1600 g/mol. The van der Waals surface area contributed by atoms with Crippen LogP contribution in [0.3, 0.4) is 0 Å². The summed E-state index contributed by atoms with van der Waals surface area (Å²) in [7, 11) is -11.0. The number of rotatable bonds is 30. The van der Waals surface area contributed by atoms with Crippen molar-refractivity contribution < 1.29 is 63.8 Å². The number of benzene rings is 5. The lowest BCUT2D eigenvalue weighted by molar-refractivity contribution is -0.144. The first-order chi connectivity index (χ1) is 55.8. The molecule has 0 saturated carbocycles. The van der Waals surface area contributed by atoms with E-state index in [9.17, 15) is 59.1 Å². The highest BCUT2D eigenvalue weighted by Crippen LogP contribution is 2.46. The number of nitrogens with one attached hydrogen (secondary N) is 4. The number of sulfonamides is 1. The SMILES string of the molecule is Cc1ncsc1-c1ccc([C@H](C)NC(=O)[C@@H]2C[C@@H](O)CN2C(=O)[C@@H](NC(=O)CCCCC(=O)N2CCC(C3CCN(C[C@]4(C)CCC(c5ccc(Cl)cc5)=C(CN5CCN(c6ccc(C(=O)NS(=O)(=O)c7ccc(N[C@H](CCN8CCCOCC8)CSc8ccccc8)c(S(=O)(=O)C(F)(F)F)c7)cc6)CC5)C4)CC3)CC2)C(C)(C)C)cc1. The average molecular weight is 1710 g/mol. The number of aliphatic hydroxyl groups is 1. The van der Waals surface area contributed by atoms with Crippen molar-refractivity contribution in [1.82, 2.24) is 44.8 Å². The van der Waals surface area contributed by atoms with Crippen LogP contribution in [-0.4, -0.2) is 221 Å². The van der Waals surface area contributed by atoms with E-state index in [1.807, 2.05) is 116 Å². The number of sulfone groups is 1. The van der Waals surface area contributed by atoms with Crippen molar-refractivity contribution in [1.29, 1.82) is 0 Å². The number of aliphatic hydroxyl groups excluding tert-OH is 1. The van der Waals surface area contributed by atoms with Gasteiger partial charge in [0.1, 0.15) is 17.0 Å². The summed E-state index contributed by atoms with van der Waals surface area (Å²) in [5.74, 6) is -0.551. The van der Waals surface area contributed by atoms with Gasteiger partial charge in [-0.05, 0) is 209 Å². The van der Waals surface area contributed by atoms with E-state index in [4.69, 9.17) is 16.3 Å². The molecule has 0 spiro atoms. The van der Waals surface area contributed by atoms with E-state index < -0.39 is 82.3 Å². The molecule has 5 amide bonds. The molecule has 22 nitrogen and oxygen atoms in total. The van der Waals surface area contributed by atoms with Crippen LogP contribution in [-0.2, 0) is 43.8 Å². The predicted molar refractivity (Wildman–Crippen MR) is 454 cm³/mol. The first kappa shape index (κ1) is 88.8. The maximum absolute atomic E-state index is 14.5. The molecule has 6 heterocycles. The van der Waals surface area contributed by atoms with Crippen LogP contribution in [0, 0.1) is 29.6 Å². The van der Waals surface area contributed by atoms with Crippen LogP contribution in [0.15, 0.2) is 147 Å². The normalized spacial score (nSPS) is 21.0. The third kappa shape index (κ3) is 23.4. The summed E-state index contributed by atoms with van der Waals surface area (Å²) >= 11 is 9.44. The lowest BCUT2D eigenvalue weighted by Gasteiger charge is -2.45. The number of anilines is 2. The van der Waals surface area contributed by atoms with Gasteiger partial charge in [-0.2, -0.15) is 13.2 Å². The first-order valence-electron chi connectivity index (χ1n) is 41.2. The van der Waals surface area contributed by atoms with Crippen LogP contribution in [0.25, 0.3) is 16.0 Å². The van der Waals surface area contributed by atoms with Gasteiger partial charge >= 0.3 is 5.51 Å². The number of unbranched alkanes of at least 4 members (excludes halogenated alkanes) is 1. The minimum absolute atomic E-state index is 0.0247. The van der Waals surface area contributed by atoms with Crippen LogP contribution in [0.5, 0.6) is 0 Å². The van der Waals surface area contributed by atoms with Gasteiger partial charge in [0.2, 0.25) is 23.6 Å². The van der Waals surface area contributed by atoms with Crippen molar-refractivity contribution in [3.05, 3.63) is 160 Å². The minimum atomic E-state index is -6.11. The number of nitrogens with zero attached hydrogens (tertiary/aromatic N) is 7. The third-order valence-corrected chi connectivity index (χ3v) is 29.4. The third-order valence-electron chi connectivity index (χ3n) is 24.2. The van der Waals surface area contributed by atoms with Gasteiger partial charge in [0.15, 0.2) is 0 Å². The Morgan fingerprint density at radius 3 is 2.11 bits per heavy atom. The molecule has 5 N–H and O–H groups in total. The maximum Gasteiger partial charge on any atom is 0.501 e. The number of carbonyl (C=O) groups excluding carboxylic acids is 5. The fourth-order valence-electron chi connectivity index (χ4n) is 17.4. The number of aromatic nitrogens is 1. The number of carbonyl (C=O) groups is 5. The lowest BCUT2D eigenvalue weighted by Crippen LogP contribution is -2.57. The number of thioether (sulfide) groups is 1. The van der Waals surface area contributed by atoms with Crippen LogP contribution in [0.1, 0.15) is 158 Å². The molecule has 0 bridgehead atoms. The highest BCUT2D eigenvalue weighted by Gasteiger charge is 2.49. The molecule has 6 aromatic rings. The molecule has 5 saturated heterocycles. The second-order valence-electron chi connectivity index (χ2n) is 33.9. The standard InChI is InChI=1S/C87H113ClF3N11O11S4/c1-59(61-17-19-65(20-18-61)80-60(2)92-58-115-80)93-83(107)76-51-71(103)55-102(76)84(108)81(85(3,4)5)95-78(104)15-10-11-16-79(105)101-42-34-63(35-43-101)62-32-39-99(40-33-62)57-86(6)37-31-74(64-21-25-68(88)26-22-64)67(53-86)54-98-44-46-100(47-45-98)70-27-23-66(24-28-70)82(106)96-117(111,112)73-29-30-75(77(52-73)116(109,110)87(89,90)91)94-69(56-114-72-13-8-7-9-14-72)36-41-97-38-12-49-113-50-48-97/h7-9,13-14,17-30,52,58-59,62-63,69,71,76,81,94,103H,10-12,15-16,31-51,53-57H2,1-6H3,(H,93,107)(H,95,104)(H,96,106)/t59-,69+,71+,76-,81+,86+/m0/s1. The van der Waals surface area contributed by atoms with Gasteiger partial charge < -0.3 is 50.3 Å². The quantitative estimate of drug-likeness (QED) is 0.0207. The molecule has 6 atom stereocenters. The molecular formula is C87H113ClF3N11O11S4. The summed E-state index contributed by atoms with van der Waals surface area (Å²) in [4.78, 5) is 86.3. The Labute approximate surface area is 700 Å². The van der Waals surface area contributed by atoms with Crippen LogP contribution in [0.4, 0.5) is 24.5 Å². The summed E-state index contributed by atoms with van der Waals surface area (Å²) < 4.78 is 105. The molecule has 30 heteroatoms. The summed E-state index contributed by atoms with van der Waals surface area (Å²) in [5.41, 5.74) is 2.61. The number of amides is 5. The topological polar surface area (TPSA) is 264 Å². The Morgan fingerprint density at radius 2 is 1.44 bits per heavy atom. The van der Waals surface area contributed by atoms with Crippen LogP contribution < -0.4 is 25.6 Å². The molecule has 1 aromatic heterocycles. The fraction of sp³-hybridized carbons (Fsp3) is 0.540. The van der Waals surface area contributed by atoms with E-state index in [1.165, 1.54) is 45.5 Å². The Balaban J connectivity index is 0.579. The monoisotopic (exact) mass is 1710 g/mol. The zero-order valence-corrected chi connectivity index (χ0v) is 71.9. The zero-order valence-electron chi connectivity index (χ0n) is 67.9. The number of allylic oxidation sites excluding steroid dienone is 1. The Morgan fingerprint density at radius 1 is 0.769 bits per heavy atom. The Hall–Kier alpha value is -7.45. The molecule has 12 rings (SSSR count). The molecule has 6 aliphatic rings. The number of alkyl halides is 3. The number of ether oxygens (including phenoxy) is 1. The number of likely N-dealkylation sites (tertiary alicyclic amines) is 3. The Kier molecular flexibility index (Phi) is 29.9. The molecule has 634 valence electrons. The highest BCUT2D eigenvalue weighted by atomic mass is 35.5. The smallest absolute Gasteiger partial charge is 0.391 e. The molecule has 5 aliphatic heterocycles. The summed E-state index contributed by atoms with van der Waals surface area (Å²) in [6.45, 7) is 23.1. The van der Waals surface area contributed by atoms with Gasteiger partial charge in [0.05, 0.1) is 45.4 Å². The van der Waals surface area contributed by atoms with Gasteiger partial charge in [0.25, 0.3) is 25.8 Å². The molecule has 1 aliphatic carbocycles. The van der Waals surface area contributed by atoms with Crippen molar-refractivity contribution in [2.24, 2.45) is 22.7 Å². The number of hydrogen-bond acceptors (Lipinski definition) is 19. The van der Waals surface area contributed by atoms with Crippen molar-refractivity contribution in [2.45, 2.75) is 182 Å². The predicted octanol–water partition coefficient (Wildman–Crippen LogP) is 13.5. The second-order valence-corrected chi connectivity index (χ2v) is 39.9. The summed E-state index contributed by atoms with van der Waals surface area (Å²) in [6, 6.07) is 31.6. The van der Waals surface area contributed by atoms with Crippen molar-refractivity contribution in [3.8, 4) is 10.4 Å². The van der Waals surface area contributed by atoms with Crippen molar-refractivity contribution in [3.63, 3.8) is 0 Å². The molecule has 117 heavy (non-hydrogen) atoms. The number of aryl methyl sites for hydroxylation is 1. The summed E-state index contributed by atoms with van der Waals surface area (Å²) in [6.07, 6.45) is 9.02. The minimum Gasteiger partial charge on any atom is -0.391 e. The molecule has 5 fully saturated rings. The van der Waals surface area contributed by atoms with Gasteiger partial charge in [-0.25, -0.2) is 26.5 Å². The van der Waals surface area contributed by atoms with Gasteiger partial charge in [-0.1, -0.05) is 99.5 Å². The number of β-amino-alcohol motifs (C(OH)–C–C–N with tert-alkyl or cyclic N) is 1. The number of halogens is 4. The molecule has 0 unspecified atom stereocenters. The molecule has 0 radical (unpaired) electrons. The van der Waals surface area contributed by atoms with E-state index in [0.717, 1.165) is 155 Å². The van der Waals surface area contributed by atoms with E-state index in [0.29, 0.717) is 93.8 Å². The van der Waals surface area contributed by atoms with Crippen molar-refractivity contribution >= 4 is 101 Å². The molecule has 5 aromatic carbocycles. The van der Waals surface area contributed by atoms with Crippen molar-refractivity contribution in [2.75, 3.05) is 121 Å². The largest absolute Gasteiger partial charge is 0.501 e. The van der Waals surface area contributed by atoms with E-state index >= 15 is 0 Å². The summed E-state index contributed by atoms with van der Waals surface area (Å²) in [5, 5.41) is 20.5. The van der Waals surface area contributed by atoms with E-state index in [1.54, 1.807) is 23.5 Å². The van der Waals surface area contributed by atoms with E-state index in [-0.39, 0.29) is 54.1 Å². The second kappa shape index (κ2) is 39.4. The fourth-order valence-corrected chi connectivity index (χ4v) is 21.4. The number of thiazole rings is 1. The number of hydrogen-bond donors (Lipinski definition) is 5. The van der Waals surface area contributed by atoms with E-state index in [2.05, 4.69) is 59.6 Å². The number of piperazine rings is 1. The zero-order chi connectivity index (χ0) is 83.4.